The molecule has 0 aliphatic carbocycles. The van der Waals surface area contributed by atoms with Crippen molar-refractivity contribution in [2.24, 2.45) is 0 Å². The highest BCUT2D eigenvalue weighted by Crippen LogP contribution is 2.30. The van der Waals surface area contributed by atoms with Gasteiger partial charge in [-0.1, -0.05) is 19.1 Å². The zero-order chi connectivity index (χ0) is 20.6. The lowest BCUT2D eigenvalue weighted by Gasteiger charge is -2.30. The number of ether oxygens (including phenoxy) is 2. The molecule has 0 saturated carbocycles. The van der Waals surface area contributed by atoms with Gasteiger partial charge in [-0.15, -0.1) is 0 Å². The topological polar surface area (TPSA) is 37.8 Å². The SMILES string of the molecule is CCN1CCC[C@@H]1CN(Cc1cccnc1)Cc1ccc(OC(C)C)c(OC)c1. The van der Waals surface area contributed by atoms with Crippen LogP contribution in [0.1, 0.15) is 44.7 Å². The smallest absolute Gasteiger partial charge is 0.161 e. The van der Waals surface area contributed by atoms with E-state index in [1.807, 2.05) is 38.4 Å². The van der Waals surface area contributed by atoms with E-state index in [1.165, 1.54) is 30.5 Å². The predicted molar refractivity (Wildman–Crippen MR) is 117 cm³/mol. The molecule has 2 aromatic rings. The summed E-state index contributed by atoms with van der Waals surface area (Å²) in [6.07, 6.45) is 6.51. The first-order chi connectivity index (χ1) is 14.1. The van der Waals surface area contributed by atoms with E-state index >= 15 is 0 Å². The molecule has 1 atom stereocenters. The molecule has 5 heteroatoms. The number of likely N-dealkylation sites (N-methyl/N-ethyl adjacent to an activating group) is 1. The number of benzene rings is 1. The summed E-state index contributed by atoms with van der Waals surface area (Å²) in [7, 11) is 1.71. The van der Waals surface area contributed by atoms with Gasteiger partial charge in [-0.05, 0) is 69.1 Å². The Morgan fingerprint density at radius 2 is 2.00 bits per heavy atom. The molecule has 1 saturated heterocycles. The van der Waals surface area contributed by atoms with Crippen LogP contribution in [0.25, 0.3) is 0 Å². The van der Waals surface area contributed by atoms with Gasteiger partial charge in [-0.25, -0.2) is 0 Å². The highest BCUT2D eigenvalue weighted by Gasteiger charge is 2.25. The van der Waals surface area contributed by atoms with Crippen molar-refractivity contribution in [1.82, 2.24) is 14.8 Å². The van der Waals surface area contributed by atoms with Crippen molar-refractivity contribution in [2.45, 2.75) is 58.8 Å². The average molecular weight is 398 g/mol. The second-order valence-corrected chi connectivity index (χ2v) is 8.11. The predicted octanol–water partition coefficient (Wildman–Crippen LogP) is 4.36. The van der Waals surface area contributed by atoms with Gasteiger partial charge in [0, 0.05) is 38.1 Å². The average Bonchev–Trinajstić information content (AvgIpc) is 3.16. The Hall–Kier alpha value is -2.11. The Kier molecular flexibility index (Phi) is 7.90. The standard InChI is InChI=1S/C24H35N3O2/c1-5-27-13-7-9-22(27)18-26(17-21-8-6-12-25-15-21)16-20-10-11-23(29-19(2)3)24(14-20)28-4/h6,8,10-12,14-15,19,22H,5,7,9,13,16-18H2,1-4H3/t22-/m1/s1. The van der Waals surface area contributed by atoms with Crippen molar-refractivity contribution in [3.8, 4) is 11.5 Å². The Morgan fingerprint density at radius 3 is 2.69 bits per heavy atom. The molecule has 3 rings (SSSR count). The van der Waals surface area contributed by atoms with Crippen molar-refractivity contribution >= 4 is 0 Å². The number of nitrogens with zero attached hydrogens (tertiary/aromatic N) is 3. The van der Waals surface area contributed by atoms with Crippen LogP contribution in [0.2, 0.25) is 0 Å². The number of aromatic nitrogens is 1. The molecule has 0 radical (unpaired) electrons. The van der Waals surface area contributed by atoms with Crippen LogP contribution in [0.15, 0.2) is 42.7 Å². The van der Waals surface area contributed by atoms with Gasteiger partial charge < -0.3 is 9.47 Å². The van der Waals surface area contributed by atoms with E-state index in [-0.39, 0.29) is 6.10 Å². The van der Waals surface area contributed by atoms with Crippen LogP contribution in [-0.2, 0) is 13.1 Å². The van der Waals surface area contributed by atoms with E-state index in [9.17, 15) is 0 Å². The van der Waals surface area contributed by atoms with Gasteiger partial charge in [0.05, 0.1) is 13.2 Å². The Bertz CT molecular complexity index is 751. The minimum atomic E-state index is 0.124. The van der Waals surface area contributed by atoms with Crippen LogP contribution in [-0.4, -0.2) is 53.7 Å². The summed E-state index contributed by atoms with van der Waals surface area (Å²) >= 11 is 0. The lowest BCUT2D eigenvalue weighted by molar-refractivity contribution is 0.165. The van der Waals surface area contributed by atoms with E-state index in [4.69, 9.17) is 9.47 Å². The maximum absolute atomic E-state index is 5.87. The van der Waals surface area contributed by atoms with Gasteiger partial charge in [0.2, 0.25) is 0 Å². The minimum absolute atomic E-state index is 0.124. The number of methoxy groups -OCH3 is 1. The Balaban J connectivity index is 1.76. The first-order valence-electron chi connectivity index (χ1n) is 10.8. The van der Waals surface area contributed by atoms with Crippen molar-refractivity contribution < 1.29 is 9.47 Å². The van der Waals surface area contributed by atoms with Crippen molar-refractivity contribution in [3.63, 3.8) is 0 Å². The molecular weight excluding hydrogens is 362 g/mol. The zero-order valence-electron chi connectivity index (χ0n) is 18.3. The fraction of sp³-hybridized carbons (Fsp3) is 0.542. The van der Waals surface area contributed by atoms with E-state index in [0.29, 0.717) is 6.04 Å². The van der Waals surface area contributed by atoms with E-state index < -0.39 is 0 Å². The molecule has 1 aliphatic rings. The minimum Gasteiger partial charge on any atom is -0.493 e. The summed E-state index contributed by atoms with van der Waals surface area (Å²) < 4.78 is 11.5. The lowest BCUT2D eigenvalue weighted by Crippen LogP contribution is -2.39. The lowest BCUT2D eigenvalue weighted by atomic mass is 10.1. The summed E-state index contributed by atoms with van der Waals surface area (Å²) in [5, 5.41) is 0. The highest BCUT2D eigenvalue weighted by atomic mass is 16.5. The van der Waals surface area contributed by atoms with Gasteiger partial charge in [0.25, 0.3) is 0 Å². The molecule has 29 heavy (non-hydrogen) atoms. The number of likely N-dealkylation sites (tertiary alicyclic amines) is 1. The first-order valence-corrected chi connectivity index (χ1v) is 10.8. The maximum atomic E-state index is 5.87. The second kappa shape index (κ2) is 10.6. The fourth-order valence-corrected chi connectivity index (χ4v) is 4.17. The third-order valence-electron chi connectivity index (χ3n) is 5.50. The first kappa shape index (κ1) is 21.6. The van der Waals surface area contributed by atoms with E-state index in [0.717, 1.165) is 37.7 Å². The van der Waals surface area contributed by atoms with Crippen LogP contribution in [0.5, 0.6) is 11.5 Å². The molecule has 0 bridgehead atoms. The summed E-state index contributed by atoms with van der Waals surface area (Å²) in [5.74, 6) is 1.60. The normalized spacial score (nSPS) is 17.2. The van der Waals surface area contributed by atoms with Gasteiger partial charge in [0.1, 0.15) is 0 Å². The van der Waals surface area contributed by atoms with E-state index in [2.05, 4.69) is 39.9 Å². The second-order valence-electron chi connectivity index (χ2n) is 8.11. The Labute approximate surface area is 175 Å². The molecule has 1 aromatic heterocycles. The largest absolute Gasteiger partial charge is 0.493 e. The molecule has 5 nitrogen and oxygen atoms in total. The van der Waals surface area contributed by atoms with Crippen LogP contribution in [0, 0.1) is 0 Å². The summed E-state index contributed by atoms with van der Waals surface area (Å²) in [5.41, 5.74) is 2.49. The summed E-state index contributed by atoms with van der Waals surface area (Å²) in [6, 6.07) is 11.1. The number of rotatable bonds is 10. The number of hydrogen-bond acceptors (Lipinski definition) is 5. The highest BCUT2D eigenvalue weighted by molar-refractivity contribution is 5.43. The number of hydrogen-bond donors (Lipinski definition) is 0. The molecule has 1 fully saturated rings. The number of pyridine rings is 1. The monoisotopic (exact) mass is 397 g/mol. The molecule has 1 aromatic carbocycles. The molecule has 1 aliphatic heterocycles. The molecular formula is C24H35N3O2. The van der Waals surface area contributed by atoms with Gasteiger partial charge in [-0.2, -0.15) is 0 Å². The zero-order valence-corrected chi connectivity index (χ0v) is 18.3. The van der Waals surface area contributed by atoms with Crippen molar-refractivity contribution in [3.05, 3.63) is 53.9 Å². The molecule has 2 heterocycles. The molecule has 0 unspecified atom stereocenters. The van der Waals surface area contributed by atoms with Crippen LogP contribution in [0.4, 0.5) is 0 Å². The van der Waals surface area contributed by atoms with Gasteiger partial charge in [0.15, 0.2) is 11.5 Å². The summed E-state index contributed by atoms with van der Waals surface area (Å²) in [4.78, 5) is 9.44. The molecule has 158 valence electrons. The third kappa shape index (κ3) is 6.18. The quantitative estimate of drug-likeness (QED) is 0.595. The molecule has 0 spiro atoms. The van der Waals surface area contributed by atoms with Crippen LogP contribution < -0.4 is 9.47 Å². The maximum Gasteiger partial charge on any atom is 0.161 e. The van der Waals surface area contributed by atoms with Crippen molar-refractivity contribution in [1.29, 1.82) is 0 Å². The van der Waals surface area contributed by atoms with Crippen LogP contribution in [0.3, 0.4) is 0 Å². The van der Waals surface area contributed by atoms with E-state index in [1.54, 1.807) is 7.11 Å². The Morgan fingerprint density at radius 1 is 1.17 bits per heavy atom. The molecule has 0 N–H and O–H groups in total. The van der Waals surface area contributed by atoms with Crippen molar-refractivity contribution in [2.75, 3.05) is 26.7 Å². The third-order valence-corrected chi connectivity index (χ3v) is 5.50. The van der Waals surface area contributed by atoms with Crippen LogP contribution >= 0.6 is 0 Å². The van der Waals surface area contributed by atoms with Gasteiger partial charge in [-0.3, -0.25) is 14.8 Å². The molecule has 0 amide bonds. The van der Waals surface area contributed by atoms with Gasteiger partial charge >= 0.3 is 0 Å². The summed E-state index contributed by atoms with van der Waals surface area (Å²) in [6.45, 7) is 11.5. The fourth-order valence-electron chi connectivity index (χ4n) is 4.17.